The molecule has 2 aromatic rings. The highest BCUT2D eigenvalue weighted by Crippen LogP contribution is 2.10. The predicted molar refractivity (Wildman–Crippen MR) is 96.9 cm³/mol. The number of nitrogens with one attached hydrogen (secondary N) is 2. The van der Waals surface area contributed by atoms with Crippen LogP contribution in [0.1, 0.15) is 12.7 Å². The molecule has 0 spiro atoms. The van der Waals surface area contributed by atoms with E-state index < -0.39 is 6.10 Å². The molecular weight excluding hydrogens is 336 g/mol. The van der Waals surface area contributed by atoms with Crippen molar-refractivity contribution in [1.82, 2.24) is 20.2 Å². The number of fused-ring (bicyclic) bond motifs is 1. The summed E-state index contributed by atoms with van der Waals surface area (Å²) in [6.07, 6.45) is -0.530. The first-order chi connectivity index (χ1) is 12.7. The van der Waals surface area contributed by atoms with Crippen molar-refractivity contribution in [2.24, 2.45) is 0 Å². The van der Waals surface area contributed by atoms with Crippen LogP contribution in [0.3, 0.4) is 0 Å². The van der Waals surface area contributed by atoms with Gasteiger partial charge in [0.15, 0.2) is 0 Å². The molecule has 1 saturated heterocycles. The number of hydrogen-bond acceptors (Lipinski definition) is 6. The molecule has 26 heavy (non-hydrogen) atoms. The summed E-state index contributed by atoms with van der Waals surface area (Å²) in [5, 5.41) is 3.39. The van der Waals surface area contributed by atoms with Crippen molar-refractivity contribution in [1.29, 1.82) is 0 Å². The number of hydrogen-bond donors (Lipinski definition) is 2. The molecule has 3 rings (SSSR count). The van der Waals surface area contributed by atoms with Gasteiger partial charge in [-0.15, -0.1) is 0 Å². The zero-order chi connectivity index (χ0) is 18.4. The molecule has 1 amide bonds. The molecule has 1 atom stereocenters. The minimum Gasteiger partial charge on any atom is -0.380 e. The molecule has 8 heteroatoms. The van der Waals surface area contributed by atoms with Crippen molar-refractivity contribution in [3.05, 3.63) is 40.4 Å². The lowest BCUT2D eigenvalue weighted by molar-refractivity contribution is -0.139. The van der Waals surface area contributed by atoms with Crippen molar-refractivity contribution in [2.75, 3.05) is 39.5 Å². The second kappa shape index (κ2) is 8.88. The average Bonchev–Trinajstić information content (AvgIpc) is 2.65. The second-order valence-electron chi connectivity index (χ2n) is 6.11. The van der Waals surface area contributed by atoms with E-state index in [-0.39, 0.29) is 11.5 Å². The fourth-order valence-corrected chi connectivity index (χ4v) is 2.93. The number of H-pyrrole nitrogens is 1. The number of amides is 1. The molecule has 1 unspecified atom stereocenters. The molecule has 1 aromatic carbocycles. The van der Waals surface area contributed by atoms with Crippen LogP contribution in [0.15, 0.2) is 29.1 Å². The summed E-state index contributed by atoms with van der Waals surface area (Å²) in [5.41, 5.74) is 0.522. The Labute approximate surface area is 151 Å². The van der Waals surface area contributed by atoms with Gasteiger partial charge in [-0.3, -0.25) is 14.5 Å². The summed E-state index contributed by atoms with van der Waals surface area (Å²) in [6.45, 7) is 5.55. The van der Waals surface area contributed by atoms with E-state index in [4.69, 9.17) is 9.47 Å². The van der Waals surface area contributed by atoms with E-state index in [0.29, 0.717) is 62.7 Å². The van der Waals surface area contributed by atoms with Crippen molar-refractivity contribution in [2.45, 2.75) is 19.6 Å². The number of ether oxygens (including phenoxy) is 2. The molecular formula is C18H24N4O4. The van der Waals surface area contributed by atoms with E-state index >= 15 is 0 Å². The van der Waals surface area contributed by atoms with E-state index in [2.05, 4.69) is 20.2 Å². The summed E-state index contributed by atoms with van der Waals surface area (Å²) < 4.78 is 10.8. The van der Waals surface area contributed by atoms with Crippen LogP contribution in [0.2, 0.25) is 0 Å². The molecule has 0 radical (unpaired) electrons. The molecule has 0 bridgehead atoms. The van der Waals surface area contributed by atoms with Crippen molar-refractivity contribution < 1.29 is 14.3 Å². The first-order valence-electron chi connectivity index (χ1n) is 8.84. The summed E-state index contributed by atoms with van der Waals surface area (Å²) >= 11 is 0. The van der Waals surface area contributed by atoms with E-state index in [0.717, 1.165) is 0 Å². The Morgan fingerprint density at radius 2 is 2.31 bits per heavy atom. The zero-order valence-corrected chi connectivity index (χ0v) is 14.9. The fourth-order valence-electron chi connectivity index (χ4n) is 2.93. The Kier molecular flexibility index (Phi) is 6.32. The number of morpholine rings is 1. The number of aromatic amines is 1. The Bertz CT molecular complexity index is 807. The van der Waals surface area contributed by atoms with Gasteiger partial charge in [-0.25, -0.2) is 4.98 Å². The number of nitrogens with zero attached hydrogens (tertiary/aromatic N) is 2. The van der Waals surface area contributed by atoms with Crippen LogP contribution in [0.25, 0.3) is 10.9 Å². The summed E-state index contributed by atoms with van der Waals surface area (Å²) in [6, 6.07) is 7.25. The van der Waals surface area contributed by atoms with Crippen LogP contribution in [0.5, 0.6) is 0 Å². The molecule has 8 nitrogen and oxygen atoms in total. The quantitative estimate of drug-likeness (QED) is 0.689. The van der Waals surface area contributed by atoms with Crippen LogP contribution < -0.4 is 10.9 Å². The first-order valence-corrected chi connectivity index (χ1v) is 8.84. The first kappa shape index (κ1) is 18.5. The lowest BCUT2D eigenvalue weighted by Crippen LogP contribution is -2.50. The van der Waals surface area contributed by atoms with Gasteiger partial charge in [0, 0.05) is 26.2 Å². The van der Waals surface area contributed by atoms with E-state index in [1.54, 1.807) is 6.07 Å². The molecule has 1 aromatic heterocycles. The Morgan fingerprint density at radius 3 is 3.15 bits per heavy atom. The number of para-hydroxylation sites is 1. The Balaban J connectivity index is 1.60. The maximum Gasteiger partial charge on any atom is 0.258 e. The van der Waals surface area contributed by atoms with Crippen molar-refractivity contribution in [3.63, 3.8) is 0 Å². The van der Waals surface area contributed by atoms with Gasteiger partial charge in [0.1, 0.15) is 11.9 Å². The third-order valence-electron chi connectivity index (χ3n) is 4.23. The summed E-state index contributed by atoms with van der Waals surface area (Å²) in [4.78, 5) is 33.8. The number of carbonyl (C=O) groups is 1. The maximum absolute atomic E-state index is 12.2. The molecule has 1 aliphatic heterocycles. The van der Waals surface area contributed by atoms with Gasteiger partial charge in [-0.2, -0.15) is 0 Å². The highest BCUT2D eigenvalue weighted by Gasteiger charge is 2.26. The normalized spacial score (nSPS) is 18.1. The predicted octanol–water partition coefficient (Wildman–Crippen LogP) is 0.277. The molecule has 0 saturated carbocycles. The molecule has 2 heterocycles. The van der Waals surface area contributed by atoms with Crippen LogP contribution in [-0.2, 0) is 20.8 Å². The van der Waals surface area contributed by atoms with Crippen LogP contribution in [0.4, 0.5) is 0 Å². The minimum absolute atomic E-state index is 0.144. The van der Waals surface area contributed by atoms with Gasteiger partial charge in [0.2, 0.25) is 0 Å². The summed E-state index contributed by atoms with van der Waals surface area (Å²) in [7, 11) is 0. The van der Waals surface area contributed by atoms with E-state index in [1.807, 2.05) is 25.1 Å². The molecule has 140 valence electrons. The number of benzene rings is 1. The third kappa shape index (κ3) is 4.66. The smallest absolute Gasteiger partial charge is 0.258 e. The SMILES string of the molecule is CCOCCNC(=O)C1CN(Cc2nc3ccccc3c(=O)[nH]2)CCO1. The standard InChI is InChI=1S/C18H24N4O4/c1-2-25-9-7-19-18(24)15-11-22(8-10-26-15)12-16-20-14-6-4-3-5-13(14)17(23)21-16/h3-6,15H,2,7-12H2,1H3,(H,19,24)(H,20,21,23). The number of rotatable bonds is 7. The van der Waals surface area contributed by atoms with Crippen molar-refractivity contribution >= 4 is 16.8 Å². The molecule has 0 aliphatic carbocycles. The molecule has 1 fully saturated rings. The van der Waals surface area contributed by atoms with E-state index in [1.165, 1.54) is 0 Å². The minimum atomic E-state index is -0.530. The van der Waals surface area contributed by atoms with Gasteiger partial charge in [-0.1, -0.05) is 12.1 Å². The number of carbonyl (C=O) groups excluding carboxylic acids is 1. The second-order valence-corrected chi connectivity index (χ2v) is 6.11. The highest BCUT2D eigenvalue weighted by atomic mass is 16.5. The molecule has 2 N–H and O–H groups in total. The van der Waals surface area contributed by atoms with Crippen LogP contribution in [-0.4, -0.2) is 66.3 Å². The van der Waals surface area contributed by atoms with Gasteiger partial charge in [-0.05, 0) is 19.1 Å². The Hall–Kier alpha value is -2.29. The zero-order valence-electron chi connectivity index (χ0n) is 14.9. The lowest BCUT2D eigenvalue weighted by atomic mass is 10.2. The Morgan fingerprint density at radius 1 is 1.46 bits per heavy atom. The number of aromatic nitrogens is 2. The third-order valence-corrected chi connectivity index (χ3v) is 4.23. The summed E-state index contributed by atoms with van der Waals surface area (Å²) in [5.74, 6) is 0.445. The fraction of sp³-hybridized carbons (Fsp3) is 0.500. The van der Waals surface area contributed by atoms with E-state index in [9.17, 15) is 9.59 Å². The van der Waals surface area contributed by atoms with Gasteiger partial charge >= 0.3 is 0 Å². The molecule has 1 aliphatic rings. The monoisotopic (exact) mass is 360 g/mol. The van der Waals surface area contributed by atoms with Crippen LogP contribution in [0, 0.1) is 0 Å². The lowest BCUT2D eigenvalue weighted by Gasteiger charge is -2.31. The van der Waals surface area contributed by atoms with Gasteiger partial charge < -0.3 is 19.8 Å². The van der Waals surface area contributed by atoms with Gasteiger partial charge in [0.25, 0.3) is 11.5 Å². The average molecular weight is 360 g/mol. The topological polar surface area (TPSA) is 96.5 Å². The largest absolute Gasteiger partial charge is 0.380 e. The maximum atomic E-state index is 12.2. The van der Waals surface area contributed by atoms with Crippen molar-refractivity contribution in [3.8, 4) is 0 Å². The highest BCUT2D eigenvalue weighted by molar-refractivity contribution is 5.81. The van der Waals surface area contributed by atoms with Crippen LogP contribution >= 0.6 is 0 Å². The van der Waals surface area contributed by atoms with Gasteiger partial charge in [0.05, 0.1) is 30.7 Å².